The van der Waals surface area contributed by atoms with Crippen molar-refractivity contribution in [2.45, 2.75) is 13.5 Å². The maximum absolute atomic E-state index is 13.1. The van der Waals surface area contributed by atoms with E-state index in [0.29, 0.717) is 6.54 Å². The molecule has 5 rings (SSSR count). The molecular weight excluding hydrogens is 379 g/mol. The van der Waals surface area contributed by atoms with Crippen molar-refractivity contribution in [2.75, 3.05) is 5.32 Å². The normalized spacial score (nSPS) is 11.1. The van der Waals surface area contributed by atoms with Crippen LogP contribution in [0, 0.1) is 12.7 Å². The molecule has 3 aromatic heterocycles. The molecule has 0 aliphatic rings. The van der Waals surface area contributed by atoms with Crippen molar-refractivity contribution in [3.63, 3.8) is 0 Å². The maximum Gasteiger partial charge on any atom is 0.138 e. The first-order valence-corrected chi connectivity index (χ1v) is 9.60. The number of hydrogen-bond donors (Lipinski definition) is 2. The summed E-state index contributed by atoms with van der Waals surface area (Å²) in [6, 6.07) is 16.6. The van der Waals surface area contributed by atoms with Crippen LogP contribution in [0.25, 0.3) is 27.8 Å². The van der Waals surface area contributed by atoms with Crippen LogP contribution in [0.5, 0.6) is 0 Å². The summed E-state index contributed by atoms with van der Waals surface area (Å²) in [6.45, 7) is 2.47. The highest BCUT2D eigenvalue weighted by molar-refractivity contribution is 5.84. The largest absolute Gasteiger partial charge is 0.378 e. The van der Waals surface area contributed by atoms with E-state index in [-0.39, 0.29) is 5.82 Å². The molecule has 0 bridgehead atoms. The van der Waals surface area contributed by atoms with E-state index in [2.05, 4.69) is 44.8 Å². The summed E-state index contributed by atoms with van der Waals surface area (Å²) in [4.78, 5) is 9.17. The summed E-state index contributed by atoms with van der Waals surface area (Å²) in [7, 11) is 0. The first kappa shape index (κ1) is 18.1. The Hall–Kier alpha value is -4.00. The van der Waals surface area contributed by atoms with Crippen LogP contribution in [-0.2, 0) is 6.54 Å². The number of H-pyrrole nitrogens is 1. The molecule has 0 aliphatic carbocycles. The lowest BCUT2D eigenvalue weighted by Gasteiger charge is -2.12. The maximum atomic E-state index is 13.1. The summed E-state index contributed by atoms with van der Waals surface area (Å²) < 4.78 is 15.1. The van der Waals surface area contributed by atoms with E-state index in [4.69, 9.17) is 4.98 Å². The Morgan fingerprint density at radius 2 is 1.90 bits per heavy atom. The Labute approximate surface area is 172 Å². The molecule has 0 saturated heterocycles. The Kier molecular flexibility index (Phi) is 4.48. The summed E-state index contributed by atoms with van der Waals surface area (Å²) in [5.41, 5.74) is 4.93. The lowest BCUT2D eigenvalue weighted by atomic mass is 10.0. The third kappa shape index (κ3) is 3.53. The molecule has 2 aromatic carbocycles. The summed E-state index contributed by atoms with van der Waals surface area (Å²) in [5.74, 6) is 1.35. The lowest BCUT2D eigenvalue weighted by molar-refractivity contribution is 0.628. The summed E-state index contributed by atoms with van der Waals surface area (Å²) >= 11 is 0. The molecule has 0 saturated carbocycles. The number of nitrogens with one attached hydrogen (secondary N) is 2. The molecule has 3 heterocycles. The Morgan fingerprint density at radius 1 is 1.03 bits per heavy atom. The third-order valence-corrected chi connectivity index (χ3v) is 4.97. The fourth-order valence-corrected chi connectivity index (χ4v) is 3.49. The van der Waals surface area contributed by atoms with Crippen molar-refractivity contribution in [1.82, 2.24) is 24.7 Å². The van der Waals surface area contributed by atoms with E-state index >= 15 is 0 Å². The van der Waals surface area contributed by atoms with E-state index < -0.39 is 0 Å². The minimum Gasteiger partial charge on any atom is -0.378 e. The van der Waals surface area contributed by atoms with Crippen LogP contribution in [0.1, 0.15) is 11.5 Å². The number of pyridine rings is 1. The van der Waals surface area contributed by atoms with E-state index in [9.17, 15) is 4.39 Å². The fraction of sp³-hybridized carbons (Fsp3) is 0.0870. The number of imidazole rings is 1. The van der Waals surface area contributed by atoms with Crippen LogP contribution in [0.2, 0.25) is 0 Å². The first-order chi connectivity index (χ1) is 14.7. The average molecular weight is 398 g/mol. The van der Waals surface area contributed by atoms with Crippen molar-refractivity contribution in [3.05, 3.63) is 90.5 Å². The SMILES string of the molecule is Cc1cc(-c2ccc3[nH]ncc3c2)cc(-n2ccnc2CNc2ccc(F)cc2)n1. The molecule has 0 spiro atoms. The molecule has 6 nitrogen and oxygen atoms in total. The van der Waals surface area contributed by atoms with Gasteiger partial charge in [-0.2, -0.15) is 5.10 Å². The van der Waals surface area contributed by atoms with Gasteiger partial charge in [-0.05, 0) is 66.6 Å². The molecule has 5 aromatic rings. The van der Waals surface area contributed by atoms with Crippen LogP contribution >= 0.6 is 0 Å². The van der Waals surface area contributed by atoms with Crippen LogP contribution in [0.3, 0.4) is 0 Å². The highest BCUT2D eigenvalue weighted by Gasteiger charge is 2.10. The van der Waals surface area contributed by atoms with Gasteiger partial charge in [0.15, 0.2) is 0 Å². The van der Waals surface area contributed by atoms with Crippen molar-refractivity contribution in [1.29, 1.82) is 0 Å². The first-order valence-electron chi connectivity index (χ1n) is 9.60. The van der Waals surface area contributed by atoms with Gasteiger partial charge < -0.3 is 5.32 Å². The zero-order chi connectivity index (χ0) is 20.5. The number of rotatable bonds is 5. The van der Waals surface area contributed by atoms with Crippen molar-refractivity contribution in [3.8, 4) is 16.9 Å². The zero-order valence-corrected chi connectivity index (χ0v) is 16.3. The number of aromatic amines is 1. The molecule has 0 fully saturated rings. The quantitative estimate of drug-likeness (QED) is 0.443. The Balaban J connectivity index is 1.46. The molecule has 30 heavy (non-hydrogen) atoms. The second kappa shape index (κ2) is 7.44. The van der Waals surface area contributed by atoms with Gasteiger partial charge in [0.2, 0.25) is 0 Å². The van der Waals surface area contributed by atoms with Crippen LogP contribution in [-0.4, -0.2) is 24.7 Å². The molecule has 7 heteroatoms. The highest BCUT2D eigenvalue weighted by atomic mass is 19.1. The second-order valence-electron chi connectivity index (χ2n) is 7.10. The number of fused-ring (bicyclic) bond motifs is 1. The number of benzene rings is 2. The standard InChI is InChI=1S/C23H19FN6/c1-15-10-17(16-2-7-21-18(11-16)13-27-29-21)12-22(28-15)30-9-8-25-23(30)14-26-20-5-3-19(24)4-6-20/h2-13,26H,14H2,1H3,(H,27,29). The lowest BCUT2D eigenvalue weighted by Crippen LogP contribution is -2.09. The van der Waals surface area contributed by atoms with Gasteiger partial charge in [0.1, 0.15) is 17.5 Å². The van der Waals surface area contributed by atoms with Crippen molar-refractivity contribution in [2.24, 2.45) is 0 Å². The van der Waals surface area contributed by atoms with Gasteiger partial charge in [0, 0.05) is 29.2 Å². The van der Waals surface area contributed by atoms with Gasteiger partial charge >= 0.3 is 0 Å². The predicted molar refractivity (Wildman–Crippen MR) is 115 cm³/mol. The predicted octanol–water partition coefficient (Wildman–Crippen LogP) is 4.87. The number of halogens is 1. The smallest absolute Gasteiger partial charge is 0.138 e. The fourth-order valence-electron chi connectivity index (χ4n) is 3.49. The molecule has 0 amide bonds. The van der Waals surface area contributed by atoms with Crippen molar-refractivity contribution < 1.29 is 4.39 Å². The topological polar surface area (TPSA) is 71.4 Å². The number of anilines is 1. The van der Waals surface area contributed by atoms with Crippen LogP contribution < -0.4 is 5.32 Å². The monoisotopic (exact) mass is 398 g/mol. The van der Waals surface area contributed by atoms with E-state index in [1.807, 2.05) is 30.0 Å². The van der Waals surface area contributed by atoms with Gasteiger partial charge in [0.25, 0.3) is 0 Å². The summed E-state index contributed by atoms with van der Waals surface area (Å²) in [5, 5.41) is 11.4. The number of aromatic nitrogens is 5. The minimum absolute atomic E-state index is 0.257. The van der Waals surface area contributed by atoms with Crippen molar-refractivity contribution >= 4 is 16.6 Å². The number of nitrogens with zero attached hydrogens (tertiary/aromatic N) is 4. The van der Waals surface area contributed by atoms with Gasteiger partial charge in [0.05, 0.1) is 18.3 Å². The minimum atomic E-state index is -0.257. The van der Waals surface area contributed by atoms with Gasteiger partial charge in [-0.15, -0.1) is 0 Å². The van der Waals surface area contributed by atoms with Gasteiger partial charge in [-0.1, -0.05) is 6.07 Å². The molecule has 148 valence electrons. The molecule has 0 aliphatic heterocycles. The van der Waals surface area contributed by atoms with Crippen LogP contribution in [0.15, 0.2) is 73.2 Å². The molecule has 0 atom stereocenters. The molecule has 0 unspecified atom stereocenters. The number of hydrogen-bond acceptors (Lipinski definition) is 4. The van der Waals surface area contributed by atoms with Gasteiger partial charge in [-0.3, -0.25) is 9.67 Å². The van der Waals surface area contributed by atoms with E-state index in [0.717, 1.165) is 45.1 Å². The van der Waals surface area contributed by atoms with E-state index in [1.54, 1.807) is 18.3 Å². The zero-order valence-electron chi connectivity index (χ0n) is 16.3. The second-order valence-corrected chi connectivity index (χ2v) is 7.10. The summed E-state index contributed by atoms with van der Waals surface area (Å²) in [6.07, 6.45) is 5.47. The molecule has 2 N–H and O–H groups in total. The third-order valence-electron chi connectivity index (χ3n) is 4.97. The molecular formula is C23H19FN6. The number of aryl methyl sites for hydroxylation is 1. The van der Waals surface area contributed by atoms with E-state index in [1.165, 1.54) is 12.1 Å². The highest BCUT2D eigenvalue weighted by Crippen LogP contribution is 2.26. The Bertz CT molecular complexity index is 1320. The van der Waals surface area contributed by atoms with Crippen LogP contribution in [0.4, 0.5) is 10.1 Å². The van der Waals surface area contributed by atoms with Gasteiger partial charge in [-0.25, -0.2) is 14.4 Å². The molecule has 0 radical (unpaired) electrons. The Morgan fingerprint density at radius 3 is 2.77 bits per heavy atom. The average Bonchev–Trinajstić information content (AvgIpc) is 3.41.